The van der Waals surface area contributed by atoms with Crippen LogP contribution in [0.5, 0.6) is 0 Å². The van der Waals surface area contributed by atoms with E-state index in [4.69, 9.17) is 5.11 Å². The Bertz CT molecular complexity index is 1080. The van der Waals surface area contributed by atoms with Crippen LogP contribution in [0.2, 0.25) is 0 Å². The molecule has 0 atom stereocenters. The quantitative estimate of drug-likeness (QED) is 0.654. The van der Waals surface area contributed by atoms with Gasteiger partial charge in [-0.3, -0.25) is 13.9 Å². The molecule has 25 heavy (non-hydrogen) atoms. The van der Waals surface area contributed by atoms with Crippen molar-refractivity contribution in [1.82, 2.24) is 9.97 Å². The van der Waals surface area contributed by atoms with E-state index in [1.165, 1.54) is 11.4 Å². The molecule has 9 heteroatoms. The van der Waals surface area contributed by atoms with Crippen LogP contribution >= 0.6 is 0 Å². The molecule has 3 N–H and O–H groups in total. The molecule has 0 saturated heterocycles. The molecule has 0 aliphatic rings. The number of hydrogen-bond donors (Lipinski definition) is 3. The number of fused-ring (bicyclic) bond motifs is 3. The van der Waals surface area contributed by atoms with Gasteiger partial charge in [-0.05, 0) is 24.3 Å². The van der Waals surface area contributed by atoms with E-state index in [0.717, 1.165) is 17.0 Å². The number of nitrogens with zero attached hydrogens (tertiary/aromatic N) is 1. The zero-order valence-electron chi connectivity index (χ0n) is 14.0. The third-order valence-corrected chi connectivity index (χ3v) is 4.88. The van der Waals surface area contributed by atoms with Crippen LogP contribution in [0.3, 0.4) is 0 Å². The van der Waals surface area contributed by atoms with Crippen LogP contribution in [-0.2, 0) is 14.8 Å². The molecular formula is C16H19N3O5S. The van der Waals surface area contributed by atoms with Gasteiger partial charge in [0.05, 0.1) is 11.9 Å². The highest BCUT2D eigenvalue weighted by atomic mass is 32.2. The van der Waals surface area contributed by atoms with Crippen molar-refractivity contribution in [3.63, 3.8) is 0 Å². The smallest absolute Gasteiger partial charge is 0.303 e. The molecule has 3 rings (SSSR count). The van der Waals surface area contributed by atoms with E-state index in [0.29, 0.717) is 16.7 Å². The first kappa shape index (κ1) is 18.5. The molecule has 0 spiro atoms. The van der Waals surface area contributed by atoms with Crippen molar-refractivity contribution in [1.29, 1.82) is 0 Å². The Morgan fingerprint density at radius 3 is 2.44 bits per heavy atom. The van der Waals surface area contributed by atoms with E-state index in [9.17, 15) is 18.0 Å². The van der Waals surface area contributed by atoms with Gasteiger partial charge in [0.25, 0.3) is 5.56 Å². The van der Waals surface area contributed by atoms with Crippen molar-refractivity contribution >= 4 is 43.5 Å². The van der Waals surface area contributed by atoms with E-state index in [2.05, 4.69) is 9.97 Å². The summed E-state index contributed by atoms with van der Waals surface area (Å²) < 4.78 is 24.4. The Morgan fingerprint density at radius 1 is 1.24 bits per heavy atom. The molecule has 0 saturated carbocycles. The number of rotatable bonds is 3. The molecule has 0 radical (unpaired) electrons. The average molecular weight is 365 g/mol. The molecule has 0 fully saturated rings. The zero-order chi connectivity index (χ0) is 18.8. The number of anilines is 1. The lowest BCUT2D eigenvalue weighted by Gasteiger charge is -2.17. The molecule has 2 aromatic heterocycles. The van der Waals surface area contributed by atoms with Gasteiger partial charge in [-0.1, -0.05) is 6.92 Å². The minimum Gasteiger partial charge on any atom is -0.481 e. The number of nitrogens with one attached hydrogen (secondary N) is 2. The Morgan fingerprint density at radius 2 is 1.88 bits per heavy atom. The minimum atomic E-state index is -3.32. The molecule has 3 aromatic rings. The minimum absolute atomic E-state index is 0.193. The average Bonchev–Trinajstić information content (AvgIpc) is 3.04. The molecule has 0 amide bonds. The first-order valence-electron chi connectivity index (χ1n) is 7.44. The summed E-state index contributed by atoms with van der Waals surface area (Å²) in [5.41, 5.74) is 1.51. The summed E-state index contributed by atoms with van der Waals surface area (Å²) in [6.07, 6.45) is 3.06. The first-order valence-corrected chi connectivity index (χ1v) is 9.28. The van der Waals surface area contributed by atoms with Crippen LogP contribution < -0.4 is 9.86 Å². The van der Waals surface area contributed by atoms with Gasteiger partial charge in [-0.15, -0.1) is 0 Å². The SMILES string of the molecule is CCC(=O)O.CN(c1ccc2[nH]c(=O)c3[nH]ccc3c2c1)S(C)(=O)=O. The number of sulfonamides is 1. The number of carboxylic acids is 1. The highest BCUT2D eigenvalue weighted by Crippen LogP contribution is 2.26. The summed E-state index contributed by atoms with van der Waals surface area (Å²) in [6.45, 7) is 1.60. The number of hydrogen-bond acceptors (Lipinski definition) is 4. The lowest BCUT2D eigenvalue weighted by atomic mass is 10.1. The van der Waals surface area contributed by atoms with Crippen molar-refractivity contribution in [3.05, 3.63) is 40.8 Å². The van der Waals surface area contributed by atoms with E-state index in [1.54, 1.807) is 37.4 Å². The standard InChI is InChI=1S/C13H13N3O3S.C3H6O2/c1-16(20(2,18)19)8-3-4-11-10(7-8)9-5-6-14-12(9)13(17)15-11;1-2-3(4)5/h3-7,14H,1-2H3,(H,15,17);2H2,1H3,(H,4,5). The summed E-state index contributed by atoms with van der Waals surface area (Å²) in [7, 11) is -1.82. The summed E-state index contributed by atoms with van der Waals surface area (Å²) in [5.74, 6) is -0.745. The molecule has 2 heterocycles. The predicted molar refractivity (Wildman–Crippen MR) is 97.6 cm³/mol. The number of aromatic amines is 2. The number of aromatic nitrogens is 2. The highest BCUT2D eigenvalue weighted by Gasteiger charge is 2.13. The lowest BCUT2D eigenvalue weighted by molar-refractivity contribution is -0.136. The Hall–Kier alpha value is -2.81. The normalized spacial score (nSPS) is 11.2. The number of benzene rings is 1. The number of carbonyl (C=O) groups is 1. The largest absolute Gasteiger partial charge is 0.481 e. The number of H-pyrrole nitrogens is 2. The molecule has 0 aliphatic carbocycles. The van der Waals surface area contributed by atoms with Crippen LogP contribution in [0.1, 0.15) is 13.3 Å². The fourth-order valence-corrected chi connectivity index (χ4v) is 2.71. The molecular weight excluding hydrogens is 346 g/mol. The third-order valence-electron chi connectivity index (χ3n) is 3.68. The van der Waals surface area contributed by atoms with Gasteiger partial charge in [-0.25, -0.2) is 8.42 Å². The summed E-state index contributed by atoms with van der Waals surface area (Å²) in [5, 5.41) is 9.29. The van der Waals surface area contributed by atoms with E-state index in [-0.39, 0.29) is 12.0 Å². The number of aliphatic carboxylic acids is 1. The summed E-state index contributed by atoms with van der Waals surface area (Å²) in [6, 6.07) is 6.93. The van der Waals surface area contributed by atoms with Gasteiger partial charge >= 0.3 is 5.97 Å². The van der Waals surface area contributed by atoms with Crippen molar-refractivity contribution in [2.45, 2.75) is 13.3 Å². The zero-order valence-corrected chi connectivity index (χ0v) is 14.8. The monoisotopic (exact) mass is 365 g/mol. The van der Waals surface area contributed by atoms with Crippen LogP contribution in [0, 0.1) is 0 Å². The summed E-state index contributed by atoms with van der Waals surface area (Å²) >= 11 is 0. The van der Waals surface area contributed by atoms with Gasteiger partial charge in [0.2, 0.25) is 10.0 Å². The van der Waals surface area contributed by atoms with Crippen molar-refractivity contribution in [3.8, 4) is 0 Å². The van der Waals surface area contributed by atoms with Gasteiger partial charge in [0.15, 0.2) is 0 Å². The molecule has 0 unspecified atom stereocenters. The molecule has 0 aliphatic heterocycles. The van der Waals surface area contributed by atoms with E-state index < -0.39 is 16.0 Å². The van der Waals surface area contributed by atoms with Gasteiger partial charge < -0.3 is 15.1 Å². The van der Waals surface area contributed by atoms with E-state index >= 15 is 0 Å². The van der Waals surface area contributed by atoms with Gasteiger partial charge in [0, 0.05) is 36.0 Å². The van der Waals surface area contributed by atoms with Crippen LogP contribution in [0.25, 0.3) is 21.8 Å². The number of pyridine rings is 1. The second-order valence-corrected chi connectivity index (χ2v) is 7.44. The molecule has 0 bridgehead atoms. The van der Waals surface area contributed by atoms with Crippen LogP contribution in [-0.4, -0.2) is 42.8 Å². The maximum absolute atomic E-state index is 11.8. The maximum atomic E-state index is 11.8. The van der Waals surface area contributed by atoms with Gasteiger partial charge in [0.1, 0.15) is 5.52 Å². The van der Waals surface area contributed by atoms with Crippen LogP contribution in [0.15, 0.2) is 35.3 Å². The van der Waals surface area contributed by atoms with Crippen molar-refractivity contribution < 1.29 is 18.3 Å². The number of carboxylic acid groups (broad SMARTS) is 1. The third kappa shape index (κ3) is 4.00. The molecule has 1 aromatic carbocycles. The van der Waals surface area contributed by atoms with E-state index in [1.807, 2.05) is 0 Å². The fraction of sp³-hybridized carbons (Fsp3) is 0.250. The fourth-order valence-electron chi connectivity index (χ4n) is 2.22. The lowest BCUT2D eigenvalue weighted by Crippen LogP contribution is -2.24. The van der Waals surface area contributed by atoms with Crippen LogP contribution in [0.4, 0.5) is 5.69 Å². The molecule has 134 valence electrons. The maximum Gasteiger partial charge on any atom is 0.303 e. The van der Waals surface area contributed by atoms with Crippen molar-refractivity contribution in [2.75, 3.05) is 17.6 Å². The predicted octanol–water partition coefficient (Wildman–Crippen LogP) is 1.89. The molecule has 8 nitrogen and oxygen atoms in total. The highest BCUT2D eigenvalue weighted by molar-refractivity contribution is 7.92. The second kappa shape index (κ2) is 6.98. The van der Waals surface area contributed by atoms with Crippen molar-refractivity contribution in [2.24, 2.45) is 0 Å². The second-order valence-electron chi connectivity index (χ2n) is 5.43. The Labute approximate surface area is 144 Å². The van der Waals surface area contributed by atoms with Gasteiger partial charge in [-0.2, -0.15) is 0 Å². The first-order chi connectivity index (χ1) is 11.6. The Balaban J connectivity index is 0.000000399. The topological polar surface area (TPSA) is 123 Å². The summed E-state index contributed by atoms with van der Waals surface area (Å²) in [4.78, 5) is 26.9. The Kier molecular flexibility index (Phi) is 5.17.